The van der Waals surface area contributed by atoms with Crippen molar-refractivity contribution in [3.63, 3.8) is 0 Å². The molecule has 6 heteroatoms. The average molecular weight is 256 g/mol. The van der Waals surface area contributed by atoms with E-state index in [0.717, 1.165) is 25.9 Å². The molecule has 0 atom stereocenters. The second-order valence-electron chi connectivity index (χ2n) is 4.23. The zero-order chi connectivity index (χ0) is 12.4. The van der Waals surface area contributed by atoms with E-state index in [0.29, 0.717) is 11.4 Å². The fraction of sp³-hybridized carbons (Fsp3) is 0.545. The molecule has 0 spiro atoms. The number of anilines is 1. The van der Waals surface area contributed by atoms with Gasteiger partial charge in [0.25, 0.3) is 0 Å². The Labute approximate surface area is 105 Å². The molecule has 1 aliphatic heterocycles. The largest absolute Gasteiger partial charge is 0.366 e. The summed E-state index contributed by atoms with van der Waals surface area (Å²) < 4.78 is 0. The number of aromatic nitrogens is 1. The van der Waals surface area contributed by atoms with Gasteiger partial charge in [-0.3, -0.25) is 10.1 Å². The smallest absolute Gasteiger partial charge is 0.329 e. The standard InChI is InChI=1S/C11H14ClN3O2/c1-8-7-9(14-5-3-2-4-6-14)10(15(16)17)11(12)13-8/h7H,2-6H2,1H3. The molecular weight excluding hydrogens is 242 g/mol. The minimum atomic E-state index is -0.446. The SMILES string of the molecule is Cc1cc(N2CCCCC2)c([N+](=O)[O-])c(Cl)n1. The topological polar surface area (TPSA) is 59.3 Å². The van der Waals surface area contributed by atoms with Gasteiger partial charge in [-0.05, 0) is 32.3 Å². The third kappa shape index (κ3) is 2.49. The van der Waals surface area contributed by atoms with Crippen LogP contribution in [0.3, 0.4) is 0 Å². The van der Waals surface area contributed by atoms with Gasteiger partial charge in [0, 0.05) is 18.8 Å². The molecule has 1 fully saturated rings. The molecule has 92 valence electrons. The Hall–Kier alpha value is -1.36. The van der Waals surface area contributed by atoms with Crippen molar-refractivity contribution in [2.45, 2.75) is 26.2 Å². The summed E-state index contributed by atoms with van der Waals surface area (Å²) in [6.07, 6.45) is 3.31. The summed E-state index contributed by atoms with van der Waals surface area (Å²) in [5.41, 5.74) is 1.24. The molecule has 0 aromatic carbocycles. The van der Waals surface area contributed by atoms with Crippen LogP contribution in [0.5, 0.6) is 0 Å². The van der Waals surface area contributed by atoms with Crippen LogP contribution in [0.4, 0.5) is 11.4 Å². The van der Waals surface area contributed by atoms with Crippen LogP contribution in [0.2, 0.25) is 5.15 Å². The summed E-state index contributed by atoms with van der Waals surface area (Å²) in [4.78, 5) is 16.6. The Kier molecular flexibility index (Phi) is 3.47. The number of piperidine rings is 1. The van der Waals surface area contributed by atoms with Crippen LogP contribution in [0.15, 0.2) is 6.07 Å². The van der Waals surface area contributed by atoms with Crippen LogP contribution >= 0.6 is 11.6 Å². The fourth-order valence-corrected chi connectivity index (χ4v) is 2.46. The van der Waals surface area contributed by atoms with Gasteiger partial charge in [-0.15, -0.1) is 0 Å². The molecular formula is C11H14ClN3O2. The van der Waals surface area contributed by atoms with Crippen molar-refractivity contribution < 1.29 is 4.92 Å². The highest BCUT2D eigenvalue weighted by Crippen LogP contribution is 2.35. The predicted octanol–water partition coefficient (Wildman–Crippen LogP) is 2.94. The van der Waals surface area contributed by atoms with Crippen molar-refractivity contribution in [3.05, 3.63) is 27.0 Å². The van der Waals surface area contributed by atoms with E-state index >= 15 is 0 Å². The molecule has 1 saturated heterocycles. The van der Waals surface area contributed by atoms with Crippen LogP contribution in [0.25, 0.3) is 0 Å². The number of pyridine rings is 1. The van der Waals surface area contributed by atoms with Crippen molar-refractivity contribution in [1.82, 2.24) is 4.98 Å². The highest BCUT2D eigenvalue weighted by Gasteiger charge is 2.25. The molecule has 2 heterocycles. The number of halogens is 1. The summed E-state index contributed by atoms with van der Waals surface area (Å²) in [5.74, 6) is 0. The van der Waals surface area contributed by atoms with Gasteiger partial charge in [0.05, 0.1) is 4.92 Å². The van der Waals surface area contributed by atoms with Crippen LogP contribution in [0.1, 0.15) is 25.0 Å². The lowest BCUT2D eigenvalue weighted by Crippen LogP contribution is -2.30. The third-order valence-electron chi connectivity index (χ3n) is 2.94. The van der Waals surface area contributed by atoms with Gasteiger partial charge in [0.1, 0.15) is 5.69 Å². The lowest BCUT2D eigenvalue weighted by molar-refractivity contribution is -0.384. The van der Waals surface area contributed by atoms with Crippen molar-refractivity contribution >= 4 is 23.0 Å². The first-order valence-electron chi connectivity index (χ1n) is 5.66. The third-order valence-corrected chi connectivity index (χ3v) is 3.20. The quantitative estimate of drug-likeness (QED) is 0.463. The maximum Gasteiger partial charge on any atom is 0.329 e. The first-order valence-corrected chi connectivity index (χ1v) is 6.04. The molecule has 1 aromatic heterocycles. The van der Waals surface area contributed by atoms with E-state index in [1.807, 2.05) is 4.90 Å². The van der Waals surface area contributed by atoms with Gasteiger partial charge in [0.2, 0.25) is 5.15 Å². The lowest BCUT2D eigenvalue weighted by Gasteiger charge is -2.28. The van der Waals surface area contributed by atoms with Crippen LogP contribution in [0, 0.1) is 17.0 Å². The van der Waals surface area contributed by atoms with E-state index in [1.165, 1.54) is 6.42 Å². The Balaban J connectivity index is 2.46. The number of hydrogen-bond donors (Lipinski definition) is 0. The minimum Gasteiger partial charge on any atom is -0.366 e. The van der Waals surface area contributed by atoms with Gasteiger partial charge in [-0.25, -0.2) is 4.98 Å². The van der Waals surface area contributed by atoms with Gasteiger partial charge >= 0.3 is 5.69 Å². The van der Waals surface area contributed by atoms with E-state index in [-0.39, 0.29) is 10.8 Å². The van der Waals surface area contributed by atoms with E-state index in [2.05, 4.69) is 4.98 Å². The minimum absolute atomic E-state index is 0.0180. The molecule has 0 radical (unpaired) electrons. The van der Waals surface area contributed by atoms with Gasteiger partial charge in [-0.2, -0.15) is 0 Å². The lowest BCUT2D eigenvalue weighted by atomic mass is 10.1. The Morgan fingerprint density at radius 2 is 2.06 bits per heavy atom. The Morgan fingerprint density at radius 3 is 2.65 bits per heavy atom. The Morgan fingerprint density at radius 1 is 1.41 bits per heavy atom. The molecule has 0 N–H and O–H groups in total. The summed E-state index contributed by atoms with van der Waals surface area (Å²) in [6.45, 7) is 3.49. The number of nitro groups is 1. The van der Waals surface area contributed by atoms with Crippen LogP contribution in [-0.4, -0.2) is 23.0 Å². The summed E-state index contributed by atoms with van der Waals surface area (Å²) >= 11 is 5.87. The van der Waals surface area contributed by atoms with Crippen LogP contribution in [-0.2, 0) is 0 Å². The van der Waals surface area contributed by atoms with Gasteiger partial charge in [-0.1, -0.05) is 11.6 Å². The van der Waals surface area contributed by atoms with E-state index < -0.39 is 4.92 Å². The summed E-state index contributed by atoms with van der Waals surface area (Å²) in [7, 11) is 0. The van der Waals surface area contributed by atoms with E-state index in [4.69, 9.17) is 11.6 Å². The molecule has 0 amide bonds. The first-order chi connectivity index (χ1) is 8.09. The normalized spacial score (nSPS) is 16.0. The van der Waals surface area contributed by atoms with Gasteiger partial charge in [0.15, 0.2) is 0 Å². The van der Waals surface area contributed by atoms with Crippen LogP contribution < -0.4 is 4.90 Å². The van der Waals surface area contributed by atoms with Crippen molar-refractivity contribution in [3.8, 4) is 0 Å². The number of hydrogen-bond acceptors (Lipinski definition) is 4. The molecule has 17 heavy (non-hydrogen) atoms. The second-order valence-corrected chi connectivity index (χ2v) is 4.59. The van der Waals surface area contributed by atoms with E-state index in [1.54, 1.807) is 13.0 Å². The summed E-state index contributed by atoms with van der Waals surface area (Å²) in [5, 5.41) is 11.0. The molecule has 0 bridgehead atoms. The molecule has 2 rings (SSSR count). The molecule has 5 nitrogen and oxygen atoms in total. The highest BCUT2D eigenvalue weighted by atomic mass is 35.5. The maximum absolute atomic E-state index is 11.1. The molecule has 1 aliphatic rings. The first kappa shape index (κ1) is 12.1. The monoisotopic (exact) mass is 255 g/mol. The number of rotatable bonds is 2. The highest BCUT2D eigenvalue weighted by molar-refractivity contribution is 6.32. The second kappa shape index (κ2) is 4.87. The molecule has 0 aliphatic carbocycles. The van der Waals surface area contributed by atoms with Gasteiger partial charge < -0.3 is 4.90 Å². The summed E-state index contributed by atoms with van der Waals surface area (Å²) in [6, 6.07) is 1.75. The number of aryl methyl sites for hydroxylation is 1. The van der Waals surface area contributed by atoms with Crippen molar-refractivity contribution in [1.29, 1.82) is 0 Å². The maximum atomic E-state index is 11.1. The fourth-order valence-electron chi connectivity index (χ4n) is 2.16. The van der Waals surface area contributed by atoms with E-state index in [9.17, 15) is 10.1 Å². The molecule has 0 unspecified atom stereocenters. The molecule has 1 aromatic rings. The van der Waals surface area contributed by atoms with Crippen molar-refractivity contribution in [2.24, 2.45) is 0 Å². The zero-order valence-corrected chi connectivity index (χ0v) is 10.4. The number of nitrogens with zero attached hydrogens (tertiary/aromatic N) is 3. The predicted molar refractivity (Wildman–Crippen MR) is 66.7 cm³/mol. The zero-order valence-electron chi connectivity index (χ0n) is 9.65. The average Bonchev–Trinajstić information content (AvgIpc) is 2.28. The molecule has 0 saturated carbocycles. The Bertz CT molecular complexity index is 445. The van der Waals surface area contributed by atoms with Crippen molar-refractivity contribution in [2.75, 3.05) is 18.0 Å².